The van der Waals surface area contributed by atoms with Crippen molar-refractivity contribution in [1.82, 2.24) is 4.90 Å². The van der Waals surface area contributed by atoms with Gasteiger partial charge < -0.3 is 24.4 Å². The first-order valence-corrected chi connectivity index (χ1v) is 15.4. The zero-order chi connectivity index (χ0) is 29.3. The number of ether oxygens (including phenoxy) is 2. The first-order chi connectivity index (χ1) is 20.5. The number of esters is 1. The van der Waals surface area contributed by atoms with Gasteiger partial charge in [0.05, 0.1) is 12.5 Å². The molecule has 2 aromatic rings. The van der Waals surface area contributed by atoms with E-state index in [4.69, 9.17) is 9.47 Å². The third-order valence-electron chi connectivity index (χ3n) is 9.48. The van der Waals surface area contributed by atoms with Gasteiger partial charge in [0.2, 0.25) is 5.91 Å². The fourth-order valence-electron chi connectivity index (χ4n) is 7.44. The Morgan fingerprint density at radius 1 is 0.929 bits per heavy atom. The molecular formula is C34H40N2O6. The number of unbranched alkanes of at least 4 members (excludes halogenated alkanes) is 3. The number of allylic oxidation sites excluding steroid dienone is 1. The van der Waals surface area contributed by atoms with Crippen molar-refractivity contribution in [3.8, 4) is 0 Å². The molecule has 6 rings (SSSR count). The van der Waals surface area contributed by atoms with Crippen molar-refractivity contribution in [2.45, 2.75) is 69.1 Å². The lowest BCUT2D eigenvalue weighted by atomic mass is 9.73. The number of carbonyl (C=O) groups is 3. The Morgan fingerprint density at radius 2 is 1.74 bits per heavy atom. The molecule has 222 valence electrons. The summed E-state index contributed by atoms with van der Waals surface area (Å²) in [6.07, 6.45) is 12.7. The van der Waals surface area contributed by atoms with Gasteiger partial charge in [0.15, 0.2) is 0 Å². The van der Waals surface area contributed by atoms with Gasteiger partial charge >= 0.3 is 5.97 Å². The number of likely N-dealkylation sites (tertiary alicyclic amines) is 1. The number of nitrogens with zero attached hydrogens (tertiary/aromatic N) is 2. The number of rotatable bonds is 8. The summed E-state index contributed by atoms with van der Waals surface area (Å²) in [7, 11) is 0. The van der Waals surface area contributed by atoms with Crippen LogP contribution in [0, 0.1) is 11.8 Å². The van der Waals surface area contributed by atoms with Gasteiger partial charge in [-0.15, -0.1) is 0 Å². The maximum Gasteiger partial charge on any atom is 0.313 e. The summed E-state index contributed by atoms with van der Waals surface area (Å²) >= 11 is 0. The van der Waals surface area contributed by atoms with Gasteiger partial charge in [-0.05, 0) is 55.0 Å². The molecule has 1 spiro atoms. The van der Waals surface area contributed by atoms with Crippen molar-refractivity contribution < 1.29 is 29.0 Å². The van der Waals surface area contributed by atoms with E-state index in [1.54, 1.807) is 9.80 Å². The maximum absolute atomic E-state index is 14.7. The number of cyclic esters (lactones) is 1. The molecule has 42 heavy (non-hydrogen) atoms. The molecule has 8 heteroatoms. The molecular weight excluding hydrogens is 532 g/mol. The molecule has 4 aliphatic heterocycles. The highest BCUT2D eigenvalue weighted by molar-refractivity contribution is 6.06. The monoisotopic (exact) mass is 572 g/mol. The lowest BCUT2D eigenvalue weighted by molar-refractivity contribution is -0.159. The van der Waals surface area contributed by atoms with Gasteiger partial charge in [0.25, 0.3) is 5.91 Å². The van der Waals surface area contributed by atoms with Gasteiger partial charge in [-0.3, -0.25) is 14.4 Å². The number of aliphatic hydroxyl groups is 1. The highest BCUT2D eigenvalue weighted by Gasteiger charge is 2.75. The molecule has 2 fully saturated rings. The molecule has 0 aromatic heterocycles. The van der Waals surface area contributed by atoms with E-state index in [0.29, 0.717) is 38.8 Å². The lowest BCUT2D eigenvalue weighted by Gasteiger charge is -2.38. The first-order valence-electron chi connectivity index (χ1n) is 15.4. The Labute approximate surface area is 246 Å². The van der Waals surface area contributed by atoms with Crippen molar-refractivity contribution in [2.24, 2.45) is 11.8 Å². The summed E-state index contributed by atoms with van der Waals surface area (Å²) in [6, 6.07) is 13.1. The largest absolute Gasteiger partial charge is 0.465 e. The maximum atomic E-state index is 14.7. The van der Waals surface area contributed by atoms with E-state index in [1.165, 1.54) is 0 Å². The predicted octanol–water partition coefficient (Wildman–Crippen LogP) is 4.55. The van der Waals surface area contributed by atoms with Crippen molar-refractivity contribution in [3.63, 3.8) is 0 Å². The molecule has 8 nitrogen and oxygen atoms in total. The van der Waals surface area contributed by atoms with Gasteiger partial charge in [-0.25, -0.2) is 0 Å². The topological polar surface area (TPSA) is 96.4 Å². The van der Waals surface area contributed by atoms with Crippen LogP contribution in [0.4, 0.5) is 5.69 Å². The van der Waals surface area contributed by atoms with E-state index in [2.05, 4.69) is 0 Å². The van der Waals surface area contributed by atoms with E-state index in [-0.39, 0.29) is 25.0 Å². The molecule has 2 aromatic carbocycles. The number of hydrogen-bond acceptors (Lipinski definition) is 6. The second-order valence-corrected chi connectivity index (χ2v) is 11.9. The third-order valence-corrected chi connectivity index (χ3v) is 9.48. The van der Waals surface area contributed by atoms with Crippen LogP contribution in [0.3, 0.4) is 0 Å². The van der Waals surface area contributed by atoms with Crippen molar-refractivity contribution >= 4 is 34.2 Å². The first kappa shape index (κ1) is 28.6. The summed E-state index contributed by atoms with van der Waals surface area (Å²) in [5.41, 5.74) is -1.59. The second-order valence-electron chi connectivity index (χ2n) is 11.9. The Bertz CT molecular complexity index is 1420. The average molecular weight is 573 g/mol. The standard InChI is InChI=1S/C34H40N2O6/c1-2-33-17-8-5-11-22-41-32(40)28(33)27-30(38)36(19-9-3-4-10-21-37)29-31(39)35(20-12-18-34(27,29)42-33)26-16-15-24-13-6-7-14-25(24)23-26/h6-8,12-18,23,27-29,37H,2-5,9-11,19-22H2,1H3/b17-8-/t27-,28+,29?,33-,34-/m0/s1. The number of benzene rings is 2. The summed E-state index contributed by atoms with van der Waals surface area (Å²) in [5, 5.41) is 11.3. The van der Waals surface area contributed by atoms with Crippen LogP contribution < -0.4 is 4.90 Å². The number of amides is 2. The molecule has 0 aliphatic carbocycles. The molecule has 1 N–H and O–H groups in total. The number of aliphatic hydroxyl groups excluding tert-OH is 1. The zero-order valence-electron chi connectivity index (χ0n) is 24.2. The number of carbonyl (C=O) groups excluding carboxylic acids is 3. The van der Waals surface area contributed by atoms with Gasteiger partial charge in [-0.2, -0.15) is 0 Å². The van der Waals surface area contributed by atoms with Crippen molar-refractivity contribution in [2.75, 3.05) is 31.2 Å². The Kier molecular flexibility index (Phi) is 7.94. The van der Waals surface area contributed by atoms with E-state index in [1.807, 2.05) is 73.7 Å². The van der Waals surface area contributed by atoms with Crippen LogP contribution in [0.15, 0.2) is 66.8 Å². The zero-order valence-corrected chi connectivity index (χ0v) is 24.2. The fourth-order valence-corrected chi connectivity index (χ4v) is 7.44. The van der Waals surface area contributed by atoms with Crippen LogP contribution in [-0.2, 0) is 23.9 Å². The molecule has 5 atom stereocenters. The Balaban J connectivity index is 1.43. The minimum Gasteiger partial charge on any atom is -0.465 e. The highest BCUT2D eigenvalue weighted by atomic mass is 16.6. The lowest BCUT2D eigenvalue weighted by Crippen LogP contribution is -2.56. The summed E-state index contributed by atoms with van der Waals surface area (Å²) in [5.74, 6) is -2.59. The van der Waals surface area contributed by atoms with Crippen LogP contribution in [0.5, 0.6) is 0 Å². The van der Waals surface area contributed by atoms with Gasteiger partial charge in [-0.1, -0.05) is 74.4 Å². The highest BCUT2D eigenvalue weighted by Crippen LogP contribution is 2.58. The fraction of sp³-hybridized carbons (Fsp3) is 0.500. The number of fused-ring (bicyclic) bond motifs is 3. The Hall–Kier alpha value is -3.49. The summed E-state index contributed by atoms with van der Waals surface area (Å²) in [6.45, 7) is 3.08. The van der Waals surface area contributed by atoms with E-state index in [9.17, 15) is 19.5 Å². The molecule has 0 radical (unpaired) electrons. The molecule has 2 saturated heterocycles. The van der Waals surface area contributed by atoms with E-state index >= 15 is 0 Å². The Morgan fingerprint density at radius 3 is 2.55 bits per heavy atom. The normalized spacial score (nSPS) is 31.6. The van der Waals surface area contributed by atoms with Gasteiger partial charge in [0.1, 0.15) is 23.2 Å². The van der Waals surface area contributed by atoms with Crippen LogP contribution in [0.1, 0.15) is 51.9 Å². The van der Waals surface area contributed by atoms with Gasteiger partial charge in [0, 0.05) is 25.4 Å². The summed E-state index contributed by atoms with van der Waals surface area (Å²) < 4.78 is 12.7. The predicted molar refractivity (Wildman–Crippen MR) is 160 cm³/mol. The van der Waals surface area contributed by atoms with E-state index < -0.39 is 35.0 Å². The van der Waals surface area contributed by atoms with Crippen LogP contribution in [0.25, 0.3) is 10.8 Å². The molecule has 0 saturated carbocycles. The van der Waals surface area contributed by atoms with Crippen LogP contribution in [-0.4, -0.2) is 71.3 Å². The molecule has 2 amide bonds. The minimum absolute atomic E-state index is 0.130. The van der Waals surface area contributed by atoms with Crippen molar-refractivity contribution in [3.05, 3.63) is 66.8 Å². The van der Waals surface area contributed by atoms with E-state index in [0.717, 1.165) is 35.7 Å². The van der Waals surface area contributed by atoms with Crippen molar-refractivity contribution in [1.29, 1.82) is 0 Å². The number of hydrogen-bond donors (Lipinski definition) is 1. The molecule has 4 aliphatic rings. The minimum atomic E-state index is -1.30. The molecule has 0 bridgehead atoms. The van der Waals surface area contributed by atoms with Crippen LogP contribution >= 0.6 is 0 Å². The quantitative estimate of drug-likeness (QED) is 0.283. The SMILES string of the molecule is CC[C@]12/C=C\CCCOC(=O)[C@H]1[C@H]1C(=O)N(CCCCCCO)C3C(=O)N(c4ccc5ccccc5c4)CC=C[C@@]31O2. The third kappa shape index (κ3) is 4.65. The average Bonchev–Trinajstić information content (AvgIpc) is 3.38. The second kappa shape index (κ2) is 11.7. The molecule has 1 unspecified atom stereocenters. The molecule has 4 heterocycles. The number of anilines is 1. The summed E-state index contributed by atoms with van der Waals surface area (Å²) in [4.78, 5) is 46.3. The van der Waals surface area contributed by atoms with Crippen LogP contribution in [0.2, 0.25) is 0 Å². The smallest absolute Gasteiger partial charge is 0.313 e.